The Hall–Kier alpha value is -2.63. The molecule has 0 unspecified atom stereocenters. The normalized spacial score (nSPS) is 10.7. The average molecular weight is 269 g/mol. The monoisotopic (exact) mass is 269 g/mol. The summed E-state index contributed by atoms with van der Waals surface area (Å²) < 4.78 is 7.23. The van der Waals surface area contributed by atoms with Crippen LogP contribution >= 0.6 is 0 Å². The molecule has 2 heterocycles. The summed E-state index contributed by atoms with van der Waals surface area (Å²) in [5.41, 5.74) is 1.85. The summed E-state index contributed by atoms with van der Waals surface area (Å²) in [5, 5.41) is 11.2. The fourth-order valence-electron chi connectivity index (χ4n) is 1.98. The predicted molar refractivity (Wildman–Crippen MR) is 76.4 cm³/mol. The molecule has 0 radical (unpaired) electrons. The first-order valence-electron chi connectivity index (χ1n) is 6.43. The van der Waals surface area contributed by atoms with E-state index in [4.69, 9.17) is 4.74 Å². The van der Waals surface area contributed by atoms with Crippen molar-refractivity contribution in [3.8, 4) is 5.75 Å². The number of fused-ring (bicyclic) bond motifs is 1. The Labute approximate surface area is 116 Å². The highest BCUT2D eigenvalue weighted by atomic mass is 16.5. The SMILES string of the molecule is CCOc1ccc(Nc2cc(C)nc3nncn23)cc1. The fourth-order valence-corrected chi connectivity index (χ4v) is 1.98. The smallest absolute Gasteiger partial charge is 0.256 e. The van der Waals surface area contributed by atoms with Crippen molar-refractivity contribution in [2.75, 3.05) is 11.9 Å². The van der Waals surface area contributed by atoms with Crippen molar-refractivity contribution < 1.29 is 4.74 Å². The lowest BCUT2D eigenvalue weighted by atomic mass is 10.3. The Morgan fingerprint density at radius 2 is 2.05 bits per heavy atom. The molecule has 0 spiro atoms. The zero-order valence-electron chi connectivity index (χ0n) is 11.4. The zero-order valence-corrected chi connectivity index (χ0v) is 11.4. The van der Waals surface area contributed by atoms with Crippen LogP contribution in [0, 0.1) is 6.92 Å². The Morgan fingerprint density at radius 3 is 2.80 bits per heavy atom. The Kier molecular flexibility index (Phi) is 3.20. The van der Waals surface area contributed by atoms with Gasteiger partial charge in [-0.05, 0) is 38.1 Å². The second-order valence-corrected chi connectivity index (χ2v) is 4.37. The second kappa shape index (κ2) is 5.16. The molecule has 3 aromatic rings. The predicted octanol–water partition coefficient (Wildman–Crippen LogP) is 2.58. The molecule has 0 fully saturated rings. The van der Waals surface area contributed by atoms with Crippen LogP contribution < -0.4 is 10.1 Å². The molecule has 3 rings (SSSR count). The van der Waals surface area contributed by atoms with Crippen molar-refractivity contribution in [3.05, 3.63) is 42.4 Å². The number of nitrogens with zero attached hydrogens (tertiary/aromatic N) is 4. The molecule has 0 atom stereocenters. The van der Waals surface area contributed by atoms with Gasteiger partial charge in [-0.2, -0.15) is 0 Å². The summed E-state index contributed by atoms with van der Waals surface area (Å²) in [6.07, 6.45) is 1.64. The molecule has 20 heavy (non-hydrogen) atoms. The van der Waals surface area contributed by atoms with Crippen LogP contribution in [0.2, 0.25) is 0 Å². The Balaban J connectivity index is 1.90. The highest BCUT2D eigenvalue weighted by Crippen LogP contribution is 2.20. The van der Waals surface area contributed by atoms with Crippen LogP contribution in [0.25, 0.3) is 5.78 Å². The van der Waals surface area contributed by atoms with Crippen molar-refractivity contribution in [3.63, 3.8) is 0 Å². The summed E-state index contributed by atoms with van der Waals surface area (Å²) in [4.78, 5) is 4.31. The molecule has 0 bridgehead atoms. The highest BCUT2D eigenvalue weighted by molar-refractivity contribution is 5.59. The summed E-state index contributed by atoms with van der Waals surface area (Å²) >= 11 is 0. The van der Waals surface area contributed by atoms with Gasteiger partial charge >= 0.3 is 0 Å². The Bertz CT molecular complexity index is 720. The minimum Gasteiger partial charge on any atom is -0.494 e. The summed E-state index contributed by atoms with van der Waals surface area (Å²) in [6, 6.07) is 9.76. The molecular weight excluding hydrogens is 254 g/mol. The first-order valence-corrected chi connectivity index (χ1v) is 6.43. The van der Waals surface area contributed by atoms with Gasteiger partial charge < -0.3 is 10.1 Å². The zero-order chi connectivity index (χ0) is 13.9. The molecule has 1 aromatic carbocycles. The largest absolute Gasteiger partial charge is 0.494 e. The van der Waals surface area contributed by atoms with Gasteiger partial charge in [0, 0.05) is 17.4 Å². The number of ether oxygens (including phenoxy) is 1. The highest BCUT2D eigenvalue weighted by Gasteiger charge is 2.05. The standard InChI is InChI=1S/C14H15N5O/c1-3-20-12-6-4-11(5-7-12)17-13-8-10(2)16-14-18-15-9-19(13)14/h4-9,17H,3H2,1-2H3. The van der Waals surface area contributed by atoms with E-state index >= 15 is 0 Å². The van der Waals surface area contributed by atoms with Gasteiger partial charge in [-0.15, -0.1) is 10.2 Å². The maximum absolute atomic E-state index is 5.43. The van der Waals surface area contributed by atoms with Gasteiger partial charge in [0.15, 0.2) is 0 Å². The van der Waals surface area contributed by atoms with E-state index in [-0.39, 0.29) is 0 Å². The third-order valence-electron chi connectivity index (χ3n) is 2.85. The lowest BCUT2D eigenvalue weighted by Gasteiger charge is -2.10. The first-order chi connectivity index (χ1) is 9.76. The van der Waals surface area contributed by atoms with Crippen LogP contribution in [0.4, 0.5) is 11.5 Å². The van der Waals surface area contributed by atoms with Crippen LogP contribution in [0.1, 0.15) is 12.6 Å². The van der Waals surface area contributed by atoms with E-state index < -0.39 is 0 Å². The van der Waals surface area contributed by atoms with E-state index in [0.29, 0.717) is 12.4 Å². The molecular formula is C14H15N5O. The summed E-state index contributed by atoms with van der Waals surface area (Å²) in [6.45, 7) is 4.56. The third kappa shape index (κ3) is 2.40. The van der Waals surface area contributed by atoms with Gasteiger partial charge in [0.05, 0.1) is 6.61 Å². The lowest BCUT2D eigenvalue weighted by molar-refractivity contribution is 0.340. The lowest BCUT2D eigenvalue weighted by Crippen LogP contribution is -2.01. The van der Waals surface area contributed by atoms with Crippen molar-refractivity contribution in [1.29, 1.82) is 0 Å². The molecule has 0 aliphatic rings. The fraction of sp³-hybridized carbons (Fsp3) is 0.214. The number of hydrogen-bond donors (Lipinski definition) is 1. The number of nitrogens with one attached hydrogen (secondary N) is 1. The second-order valence-electron chi connectivity index (χ2n) is 4.37. The molecule has 1 N–H and O–H groups in total. The van der Waals surface area contributed by atoms with E-state index in [2.05, 4.69) is 20.5 Å². The number of rotatable bonds is 4. The van der Waals surface area contributed by atoms with Crippen LogP contribution in [0.3, 0.4) is 0 Å². The van der Waals surface area contributed by atoms with Gasteiger partial charge in [-0.25, -0.2) is 4.98 Å². The van der Waals surface area contributed by atoms with Crippen molar-refractivity contribution in [2.24, 2.45) is 0 Å². The van der Waals surface area contributed by atoms with Crippen LogP contribution in [-0.2, 0) is 0 Å². The van der Waals surface area contributed by atoms with Gasteiger partial charge in [0.2, 0.25) is 0 Å². The number of hydrogen-bond acceptors (Lipinski definition) is 5. The van der Waals surface area contributed by atoms with Gasteiger partial charge in [0.25, 0.3) is 5.78 Å². The topological polar surface area (TPSA) is 64.3 Å². The van der Waals surface area contributed by atoms with Gasteiger partial charge in [0.1, 0.15) is 17.9 Å². The van der Waals surface area contributed by atoms with E-state index in [0.717, 1.165) is 22.9 Å². The molecule has 6 heteroatoms. The Morgan fingerprint density at radius 1 is 1.25 bits per heavy atom. The molecule has 0 aliphatic heterocycles. The molecule has 0 amide bonds. The van der Waals surface area contributed by atoms with E-state index in [9.17, 15) is 0 Å². The number of aryl methyl sites for hydroxylation is 1. The maximum atomic E-state index is 5.43. The van der Waals surface area contributed by atoms with Gasteiger partial charge in [-0.3, -0.25) is 4.40 Å². The number of aromatic nitrogens is 4. The van der Waals surface area contributed by atoms with E-state index in [1.165, 1.54) is 0 Å². The number of benzene rings is 1. The molecule has 2 aromatic heterocycles. The number of anilines is 2. The van der Waals surface area contributed by atoms with Gasteiger partial charge in [-0.1, -0.05) is 0 Å². The van der Waals surface area contributed by atoms with E-state index in [1.807, 2.05) is 48.6 Å². The first kappa shape index (κ1) is 12.4. The average Bonchev–Trinajstić information content (AvgIpc) is 2.89. The molecule has 0 saturated heterocycles. The molecule has 0 aliphatic carbocycles. The van der Waals surface area contributed by atoms with Crippen molar-refractivity contribution >= 4 is 17.3 Å². The van der Waals surface area contributed by atoms with Crippen LogP contribution in [-0.4, -0.2) is 26.2 Å². The van der Waals surface area contributed by atoms with Crippen molar-refractivity contribution in [1.82, 2.24) is 19.6 Å². The van der Waals surface area contributed by atoms with E-state index in [1.54, 1.807) is 6.33 Å². The van der Waals surface area contributed by atoms with Crippen LogP contribution in [0.15, 0.2) is 36.7 Å². The molecule has 6 nitrogen and oxygen atoms in total. The quantitative estimate of drug-likeness (QED) is 0.788. The molecule has 102 valence electrons. The maximum Gasteiger partial charge on any atom is 0.256 e. The minimum absolute atomic E-state index is 0.582. The van der Waals surface area contributed by atoms with Crippen molar-refractivity contribution in [2.45, 2.75) is 13.8 Å². The summed E-state index contributed by atoms with van der Waals surface area (Å²) in [7, 11) is 0. The minimum atomic E-state index is 0.582. The summed E-state index contributed by atoms with van der Waals surface area (Å²) in [5.74, 6) is 2.32. The molecule has 0 saturated carbocycles. The van der Waals surface area contributed by atoms with Crippen LogP contribution in [0.5, 0.6) is 5.75 Å². The third-order valence-corrected chi connectivity index (χ3v) is 2.85.